The molecule has 6 heteroatoms. The van der Waals surface area contributed by atoms with E-state index in [1.807, 2.05) is 4.90 Å². The number of amides is 2. The summed E-state index contributed by atoms with van der Waals surface area (Å²) in [6, 6.07) is 1.77. The lowest BCUT2D eigenvalue weighted by molar-refractivity contribution is -0.146. The van der Waals surface area contributed by atoms with Gasteiger partial charge in [-0.3, -0.25) is 9.59 Å². The molecule has 2 fully saturated rings. The molecule has 2 saturated heterocycles. The summed E-state index contributed by atoms with van der Waals surface area (Å²) < 4.78 is 5.10. The highest BCUT2D eigenvalue weighted by molar-refractivity contribution is 5.99. The fraction of sp³-hybridized carbons (Fsp3) is 0.625. The number of nitrogens with one attached hydrogen (secondary N) is 1. The van der Waals surface area contributed by atoms with E-state index in [1.165, 1.54) is 0 Å². The minimum atomic E-state index is -0.639. The van der Waals surface area contributed by atoms with Crippen LogP contribution in [0.5, 0.6) is 0 Å². The van der Waals surface area contributed by atoms with Gasteiger partial charge >= 0.3 is 0 Å². The van der Waals surface area contributed by atoms with E-state index in [2.05, 4.69) is 4.98 Å². The standard InChI is InChI=1S/C16H23N3O3/c1-22-11-10-18-8-2-5-16(15(18)21)6-3-9-19(16)14(20)13-4-7-17-12-13/h4,7,12,17H,2-3,5-6,8-11H2,1H3. The van der Waals surface area contributed by atoms with E-state index in [0.717, 1.165) is 32.2 Å². The number of carbonyl (C=O) groups is 2. The van der Waals surface area contributed by atoms with Crippen molar-refractivity contribution < 1.29 is 14.3 Å². The molecule has 3 heterocycles. The first-order valence-electron chi connectivity index (χ1n) is 7.92. The van der Waals surface area contributed by atoms with Crippen molar-refractivity contribution in [3.05, 3.63) is 24.0 Å². The summed E-state index contributed by atoms with van der Waals surface area (Å²) in [5.74, 6) is 0.0536. The molecule has 1 aromatic rings. The number of rotatable bonds is 4. The second kappa shape index (κ2) is 6.12. The van der Waals surface area contributed by atoms with Gasteiger partial charge in [-0.2, -0.15) is 0 Å². The Hall–Kier alpha value is -1.82. The van der Waals surface area contributed by atoms with Crippen molar-refractivity contribution in [1.82, 2.24) is 14.8 Å². The Morgan fingerprint density at radius 1 is 1.36 bits per heavy atom. The molecule has 1 spiro atoms. The van der Waals surface area contributed by atoms with Gasteiger partial charge in [0.2, 0.25) is 5.91 Å². The summed E-state index contributed by atoms with van der Waals surface area (Å²) in [6.07, 6.45) is 6.80. The number of ether oxygens (including phenoxy) is 1. The number of H-pyrrole nitrogens is 1. The van der Waals surface area contributed by atoms with Crippen molar-refractivity contribution >= 4 is 11.8 Å². The highest BCUT2D eigenvalue weighted by atomic mass is 16.5. The van der Waals surface area contributed by atoms with Crippen LogP contribution in [0.3, 0.4) is 0 Å². The lowest BCUT2D eigenvalue weighted by Crippen LogP contribution is -2.61. The zero-order chi connectivity index (χ0) is 15.6. The monoisotopic (exact) mass is 305 g/mol. The molecule has 2 aliphatic heterocycles. The number of methoxy groups -OCH3 is 1. The number of hydrogen-bond donors (Lipinski definition) is 1. The minimum absolute atomic E-state index is 0.0410. The molecule has 22 heavy (non-hydrogen) atoms. The van der Waals surface area contributed by atoms with Crippen LogP contribution in [-0.2, 0) is 9.53 Å². The first-order chi connectivity index (χ1) is 10.7. The summed E-state index contributed by atoms with van der Waals surface area (Å²) in [5, 5.41) is 0. The SMILES string of the molecule is COCCN1CCCC2(CCCN2C(=O)c2cc[nH]c2)C1=O. The number of nitrogens with zero attached hydrogens (tertiary/aromatic N) is 2. The number of hydrogen-bond acceptors (Lipinski definition) is 3. The molecule has 0 saturated carbocycles. The Bertz CT molecular complexity index is 543. The van der Waals surface area contributed by atoms with Crippen molar-refractivity contribution in [2.45, 2.75) is 31.2 Å². The van der Waals surface area contributed by atoms with Gasteiger partial charge in [0.25, 0.3) is 5.91 Å². The molecular weight excluding hydrogens is 282 g/mol. The van der Waals surface area contributed by atoms with Crippen LogP contribution < -0.4 is 0 Å². The van der Waals surface area contributed by atoms with Gasteiger partial charge in [0.15, 0.2) is 0 Å². The van der Waals surface area contributed by atoms with Crippen LogP contribution in [-0.4, -0.2) is 65.5 Å². The molecule has 1 N–H and O–H groups in total. The molecule has 2 aliphatic rings. The van der Waals surface area contributed by atoms with Crippen molar-refractivity contribution in [2.24, 2.45) is 0 Å². The molecular formula is C16H23N3O3. The second-order valence-electron chi connectivity index (χ2n) is 6.08. The Morgan fingerprint density at radius 3 is 2.82 bits per heavy atom. The number of likely N-dealkylation sites (tertiary alicyclic amines) is 2. The first kappa shape index (κ1) is 15.1. The molecule has 120 valence electrons. The normalized spacial score (nSPS) is 25.2. The molecule has 0 bridgehead atoms. The average molecular weight is 305 g/mol. The van der Waals surface area contributed by atoms with Crippen LogP contribution in [0.15, 0.2) is 18.5 Å². The van der Waals surface area contributed by atoms with Crippen molar-refractivity contribution in [1.29, 1.82) is 0 Å². The van der Waals surface area contributed by atoms with Crippen LogP contribution in [0.2, 0.25) is 0 Å². The summed E-state index contributed by atoms with van der Waals surface area (Å²) in [6.45, 7) is 2.56. The van der Waals surface area contributed by atoms with Crippen molar-refractivity contribution in [3.63, 3.8) is 0 Å². The van der Waals surface area contributed by atoms with Crippen LogP contribution >= 0.6 is 0 Å². The van der Waals surface area contributed by atoms with Crippen LogP contribution in [0.1, 0.15) is 36.0 Å². The molecule has 3 rings (SSSR count). The van der Waals surface area contributed by atoms with Gasteiger partial charge in [-0.25, -0.2) is 0 Å². The van der Waals surface area contributed by atoms with Gasteiger partial charge in [-0.05, 0) is 31.7 Å². The predicted octanol–water partition coefficient (Wildman–Crippen LogP) is 1.26. The Labute approximate surface area is 130 Å². The fourth-order valence-electron chi connectivity index (χ4n) is 3.75. The predicted molar refractivity (Wildman–Crippen MR) is 81.5 cm³/mol. The number of aromatic nitrogens is 1. The molecule has 0 aliphatic carbocycles. The molecule has 1 aromatic heterocycles. The van der Waals surface area contributed by atoms with Crippen molar-refractivity contribution in [3.8, 4) is 0 Å². The third-order valence-corrected chi connectivity index (χ3v) is 4.85. The second-order valence-corrected chi connectivity index (χ2v) is 6.08. The van der Waals surface area contributed by atoms with Gasteiger partial charge in [0.05, 0.1) is 12.2 Å². The van der Waals surface area contributed by atoms with Gasteiger partial charge in [-0.1, -0.05) is 0 Å². The van der Waals surface area contributed by atoms with E-state index in [4.69, 9.17) is 4.74 Å². The third-order valence-electron chi connectivity index (χ3n) is 4.85. The van der Waals surface area contributed by atoms with Crippen LogP contribution in [0.25, 0.3) is 0 Å². The fourth-order valence-corrected chi connectivity index (χ4v) is 3.75. The lowest BCUT2D eigenvalue weighted by atomic mass is 9.85. The van der Waals surface area contributed by atoms with Gasteiger partial charge in [0.1, 0.15) is 5.54 Å². The quantitative estimate of drug-likeness (QED) is 0.910. The van der Waals surface area contributed by atoms with Gasteiger partial charge in [0, 0.05) is 39.1 Å². The number of piperidine rings is 1. The van der Waals surface area contributed by atoms with Crippen molar-refractivity contribution in [2.75, 3.05) is 33.4 Å². The molecule has 2 amide bonds. The smallest absolute Gasteiger partial charge is 0.256 e. The zero-order valence-corrected chi connectivity index (χ0v) is 13.0. The zero-order valence-electron chi connectivity index (χ0n) is 13.0. The van der Waals surface area contributed by atoms with E-state index in [9.17, 15) is 9.59 Å². The minimum Gasteiger partial charge on any atom is -0.383 e. The number of carbonyl (C=O) groups excluding carboxylic acids is 2. The van der Waals surface area contributed by atoms with E-state index < -0.39 is 5.54 Å². The maximum absolute atomic E-state index is 13.0. The molecule has 1 atom stereocenters. The maximum Gasteiger partial charge on any atom is 0.256 e. The average Bonchev–Trinajstić information content (AvgIpc) is 3.18. The topological polar surface area (TPSA) is 65.6 Å². The first-order valence-corrected chi connectivity index (χ1v) is 7.92. The molecule has 0 aromatic carbocycles. The number of aromatic amines is 1. The van der Waals surface area contributed by atoms with E-state index in [0.29, 0.717) is 25.3 Å². The molecule has 0 radical (unpaired) electrons. The van der Waals surface area contributed by atoms with E-state index in [-0.39, 0.29) is 11.8 Å². The summed E-state index contributed by atoms with van der Waals surface area (Å²) in [4.78, 5) is 32.3. The summed E-state index contributed by atoms with van der Waals surface area (Å²) >= 11 is 0. The van der Waals surface area contributed by atoms with Gasteiger partial charge < -0.3 is 19.5 Å². The summed E-state index contributed by atoms with van der Waals surface area (Å²) in [7, 11) is 1.64. The third kappa shape index (κ3) is 2.41. The lowest BCUT2D eigenvalue weighted by Gasteiger charge is -2.44. The van der Waals surface area contributed by atoms with Crippen LogP contribution in [0, 0.1) is 0 Å². The Kier molecular flexibility index (Phi) is 4.20. The van der Waals surface area contributed by atoms with E-state index >= 15 is 0 Å². The van der Waals surface area contributed by atoms with Gasteiger partial charge in [-0.15, -0.1) is 0 Å². The van der Waals surface area contributed by atoms with E-state index in [1.54, 1.807) is 30.5 Å². The highest BCUT2D eigenvalue weighted by Gasteiger charge is 2.52. The molecule has 1 unspecified atom stereocenters. The highest BCUT2D eigenvalue weighted by Crippen LogP contribution is 2.39. The Balaban J connectivity index is 1.83. The Morgan fingerprint density at radius 2 is 2.14 bits per heavy atom. The summed E-state index contributed by atoms with van der Waals surface area (Å²) in [5.41, 5.74) is -0.0107. The largest absolute Gasteiger partial charge is 0.383 e. The van der Waals surface area contributed by atoms with Crippen LogP contribution in [0.4, 0.5) is 0 Å². The maximum atomic E-state index is 13.0. The molecule has 6 nitrogen and oxygen atoms in total.